The first-order valence-corrected chi connectivity index (χ1v) is 11.2. The second-order valence-corrected chi connectivity index (χ2v) is 9.20. The average molecular weight is 464 g/mol. The van der Waals surface area contributed by atoms with Gasteiger partial charge in [-0.25, -0.2) is 4.98 Å². The SMILES string of the molecule is CC(=O)Oc1cc(C)cc(CN2CCN(c3nc4ccc(C(F)(F)F)cc4s3)CC2C)c1. The van der Waals surface area contributed by atoms with E-state index in [1.807, 2.05) is 19.1 Å². The zero-order chi connectivity index (χ0) is 23.0. The molecule has 9 heteroatoms. The smallest absolute Gasteiger partial charge is 0.416 e. The van der Waals surface area contributed by atoms with Gasteiger partial charge in [0.2, 0.25) is 0 Å². The first-order chi connectivity index (χ1) is 15.1. The second kappa shape index (κ2) is 8.71. The Kier molecular flexibility index (Phi) is 6.13. The van der Waals surface area contributed by atoms with Gasteiger partial charge in [-0.2, -0.15) is 13.2 Å². The van der Waals surface area contributed by atoms with Crippen molar-refractivity contribution in [2.75, 3.05) is 24.5 Å². The van der Waals surface area contributed by atoms with Crippen LogP contribution in [0.15, 0.2) is 36.4 Å². The molecule has 2 heterocycles. The van der Waals surface area contributed by atoms with Crippen molar-refractivity contribution < 1.29 is 22.7 Å². The Balaban J connectivity index is 1.46. The van der Waals surface area contributed by atoms with Gasteiger partial charge < -0.3 is 9.64 Å². The predicted octanol–water partition coefficient (Wildman–Crippen LogP) is 5.26. The molecule has 1 fully saturated rings. The summed E-state index contributed by atoms with van der Waals surface area (Å²) in [5.41, 5.74) is 2.04. The summed E-state index contributed by atoms with van der Waals surface area (Å²) < 4.78 is 44.8. The van der Waals surface area contributed by atoms with Crippen LogP contribution in [0.1, 0.15) is 30.5 Å². The highest BCUT2D eigenvalue weighted by Crippen LogP contribution is 2.36. The first-order valence-electron chi connectivity index (χ1n) is 10.3. The number of aromatic nitrogens is 1. The summed E-state index contributed by atoms with van der Waals surface area (Å²) in [6.07, 6.45) is -4.36. The zero-order valence-electron chi connectivity index (χ0n) is 18.1. The molecule has 5 nitrogen and oxygen atoms in total. The molecule has 1 atom stereocenters. The molecular formula is C23H24F3N3O2S. The van der Waals surface area contributed by atoms with Crippen LogP contribution in [0.25, 0.3) is 10.2 Å². The van der Waals surface area contributed by atoms with Gasteiger partial charge in [0.25, 0.3) is 0 Å². The summed E-state index contributed by atoms with van der Waals surface area (Å²) in [4.78, 5) is 20.3. The fourth-order valence-corrected chi connectivity index (χ4v) is 5.04. The molecule has 1 unspecified atom stereocenters. The minimum absolute atomic E-state index is 0.221. The van der Waals surface area contributed by atoms with E-state index >= 15 is 0 Å². The molecule has 1 aliphatic heterocycles. The van der Waals surface area contributed by atoms with E-state index in [0.717, 1.165) is 48.5 Å². The van der Waals surface area contributed by atoms with Gasteiger partial charge in [-0.1, -0.05) is 17.4 Å². The fourth-order valence-electron chi connectivity index (χ4n) is 4.00. The lowest BCUT2D eigenvalue weighted by molar-refractivity contribution is -0.137. The van der Waals surface area contributed by atoms with Gasteiger partial charge in [-0.15, -0.1) is 0 Å². The Morgan fingerprint density at radius 2 is 2.00 bits per heavy atom. The summed E-state index contributed by atoms with van der Waals surface area (Å²) in [5.74, 6) is 0.202. The number of piperazine rings is 1. The molecule has 0 bridgehead atoms. The molecule has 32 heavy (non-hydrogen) atoms. The molecule has 2 aromatic carbocycles. The Morgan fingerprint density at radius 3 is 2.69 bits per heavy atom. The normalized spacial score (nSPS) is 17.7. The third kappa shape index (κ3) is 5.05. The highest BCUT2D eigenvalue weighted by molar-refractivity contribution is 7.22. The molecule has 0 radical (unpaired) electrons. The van der Waals surface area contributed by atoms with Crippen LogP contribution in [0.2, 0.25) is 0 Å². The molecule has 0 saturated carbocycles. The van der Waals surface area contributed by atoms with Crippen molar-refractivity contribution in [1.82, 2.24) is 9.88 Å². The van der Waals surface area contributed by atoms with Crippen molar-refractivity contribution in [2.45, 2.75) is 39.5 Å². The Morgan fingerprint density at radius 1 is 1.22 bits per heavy atom. The summed E-state index contributed by atoms with van der Waals surface area (Å²) in [7, 11) is 0. The van der Waals surface area contributed by atoms with Crippen molar-refractivity contribution >= 4 is 32.7 Å². The van der Waals surface area contributed by atoms with Gasteiger partial charge in [-0.3, -0.25) is 9.69 Å². The van der Waals surface area contributed by atoms with E-state index in [2.05, 4.69) is 27.8 Å². The van der Waals surface area contributed by atoms with E-state index in [4.69, 9.17) is 4.74 Å². The maximum Gasteiger partial charge on any atom is 0.416 e. The van der Waals surface area contributed by atoms with Gasteiger partial charge in [0.15, 0.2) is 5.13 Å². The minimum atomic E-state index is -4.36. The number of hydrogen-bond donors (Lipinski definition) is 0. The number of aryl methyl sites for hydroxylation is 1. The number of nitrogens with zero attached hydrogens (tertiary/aromatic N) is 3. The summed E-state index contributed by atoms with van der Waals surface area (Å²) in [5, 5.41) is 0.749. The van der Waals surface area contributed by atoms with Gasteiger partial charge in [0.05, 0.1) is 15.8 Å². The zero-order valence-corrected chi connectivity index (χ0v) is 18.9. The van der Waals surface area contributed by atoms with E-state index in [9.17, 15) is 18.0 Å². The third-order valence-electron chi connectivity index (χ3n) is 5.50. The molecule has 0 N–H and O–H groups in total. The lowest BCUT2D eigenvalue weighted by Crippen LogP contribution is -2.51. The largest absolute Gasteiger partial charge is 0.427 e. The quantitative estimate of drug-likeness (QED) is 0.390. The number of halogens is 3. The van der Waals surface area contributed by atoms with Crippen molar-refractivity contribution in [3.8, 4) is 5.75 Å². The van der Waals surface area contributed by atoms with Crippen LogP contribution in [0, 0.1) is 6.92 Å². The first kappa shape index (κ1) is 22.5. The van der Waals surface area contributed by atoms with Crippen molar-refractivity contribution in [3.63, 3.8) is 0 Å². The van der Waals surface area contributed by atoms with E-state index in [1.54, 1.807) is 0 Å². The number of esters is 1. The van der Waals surface area contributed by atoms with E-state index in [-0.39, 0.29) is 12.0 Å². The lowest BCUT2D eigenvalue weighted by Gasteiger charge is -2.39. The van der Waals surface area contributed by atoms with Crippen molar-refractivity contribution in [3.05, 3.63) is 53.1 Å². The molecule has 170 valence electrons. The predicted molar refractivity (Wildman–Crippen MR) is 119 cm³/mol. The molecule has 0 spiro atoms. The van der Waals surface area contributed by atoms with Crippen LogP contribution in [-0.4, -0.2) is 41.5 Å². The summed E-state index contributed by atoms with van der Waals surface area (Å²) in [6.45, 7) is 8.46. The number of rotatable bonds is 4. The topological polar surface area (TPSA) is 45.7 Å². The molecular weight excluding hydrogens is 439 g/mol. The monoisotopic (exact) mass is 463 g/mol. The third-order valence-corrected chi connectivity index (χ3v) is 6.58. The molecule has 3 aromatic rings. The van der Waals surface area contributed by atoms with Crippen LogP contribution in [-0.2, 0) is 17.5 Å². The van der Waals surface area contributed by atoms with E-state index < -0.39 is 11.7 Å². The van der Waals surface area contributed by atoms with Gasteiger partial charge in [0.1, 0.15) is 5.75 Å². The number of ether oxygens (including phenoxy) is 1. The molecule has 4 rings (SSSR count). The Hall–Kier alpha value is -2.65. The van der Waals surface area contributed by atoms with Crippen molar-refractivity contribution in [2.24, 2.45) is 0 Å². The minimum Gasteiger partial charge on any atom is -0.427 e. The van der Waals surface area contributed by atoms with Crippen LogP contribution < -0.4 is 9.64 Å². The van der Waals surface area contributed by atoms with E-state index in [1.165, 1.54) is 30.4 Å². The maximum absolute atomic E-state index is 13.0. The average Bonchev–Trinajstić information content (AvgIpc) is 3.11. The number of carbonyl (C=O) groups excluding carboxylic acids is 1. The van der Waals surface area contributed by atoms with E-state index in [0.29, 0.717) is 16.0 Å². The number of fused-ring (bicyclic) bond motifs is 1. The highest BCUT2D eigenvalue weighted by Gasteiger charge is 2.31. The molecule has 0 aliphatic carbocycles. The maximum atomic E-state index is 13.0. The standard InChI is InChI=1S/C23H24F3N3O2S/c1-14-8-17(10-19(9-14)31-16(3)30)13-28-6-7-29(12-15(28)2)22-27-20-5-4-18(23(24,25)26)11-21(20)32-22/h4-5,8-11,15H,6-7,12-13H2,1-3H3. The fraction of sp³-hybridized carbons (Fsp3) is 0.391. The van der Waals surface area contributed by atoms with Crippen LogP contribution >= 0.6 is 11.3 Å². The number of thiazole rings is 1. The number of alkyl halides is 3. The number of benzene rings is 2. The van der Waals surface area contributed by atoms with Crippen LogP contribution in [0.4, 0.5) is 18.3 Å². The molecule has 1 aromatic heterocycles. The molecule has 0 amide bonds. The Labute approximate surface area is 188 Å². The summed E-state index contributed by atoms with van der Waals surface area (Å²) in [6, 6.07) is 9.73. The van der Waals surface area contributed by atoms with Crippen molar-refractivity contribution in [1.29, 1.82) is 0 Å². The number of carbonyl (C=O) groups is 1. The number of anilines is 1. The summed E-state index contributed by atoms with van der Waals surface area (Å²) >= 11 is 1.30. The lowest BCUT2D eigenvalue weighted by atomic mass is 10.1. The van der Waals surface area contributed by atoms with Gasteiger partial charge in [0, 0.05) is 39.1 Å². The number of hydrogen-bond acceptors (Lipinski definition) is 6. The highest BCUT2D eigenvalue weighted by atomic mass is 32.1. The van der Waals surface area contributed by atoms with Crippen LogP contribution in [0.5, 0.6) is 5.75 Å². The second-order valence-electron chi connectivity index (χ2n) is 8.19. The van der Waals surface area contributed by atoms with Gasteiger partial charge in [-0.05, 0) is 55.3 Å². The molecule has 1 aliphatic rings. The molecule has 1 saturated heterocycles. The van der Waals surface area contributed by atoms with Gasteiger partial charge >= 0.3 is 12.1 Å². The Bertz CT molecular complexity index is 1150. The van der Waals surface area contributed by atoms with Crippen LogP contribution in [0.3, 0.4) is 0 Å².